The normalized spacial score (nSPS) is 13.9. The number of hydrogen-bond donors (Lipinski definition) is 0. The zero-order valence-electron chi connectivity index (χ0n) is 15.8. The van der Waals surface area contributed by atoms with Crippen LogP contribution in [0.5, 0.6) is 0 Å². The molecule has 4 nitrogen and oxygen atoms in total. The molecule has 0 heterocycles. The van der Waals surface area contributed by atoms with Gasteiger partial charge in [0.05, 0.1) is 0 Å². The number of rotatable bonds is 6. The van der Waals surface area contributed by atoms with Crippen molar-refractivity contribution in [3.05, 3.63) is 11.1 Å². The molecule has 0 atom stereocenters. The van der Waals surface area contributed by atoms with Crippen LogP contribution in [-0.2, 0) is 19.1 Å². The van der Waals surface area contributed by atoms with Gasteiger partial charge in [-0.1, -0.05) is 5.57 Å². The van der Waals surface area contributed by atoms with E-state index in [-0.39, 0.29) is 19.4 Å². The number of alkyl halides is 7. The van der Waals surface area contributed by atoms with E-state index in [0.29, 0.717) is 5.57 Å². The van der Waals surface area contributed by atoms with Crippen molar-refractivity contribution in [1.29, 1.82) is 0 Å². The van der Waals surface area contributed by atoms with Crippen molar-refractivity contribution in [3.8, 4) is 0 Å². The summed E-state index contributed by atoms with van der Waals surface area (Å²) in [7, 11) is 0. The standard InChI is InChI=1S/C16H21F7O4/c1-8(2)9(3)10(24)26-12(4,5)11(25)27-13(6,7)14(17,18)15(19,20)16(21,22)23/h1-7H3. The predicted octanol–water partition coefficient (Wildman–Crippen LogP) is 4.82. The van der Waals surface area contributed by atoms with Gasteiger partial charge in [0.1, 0.15) is 0 Å². The van der Waals surface area contributed by atoms with E-state index in [1.807, 2.05) is 0 Å². The van der Waals surface area contributed by atoms with Gasteiger partial charge in [-0.05, 0) is 48.5 Å². The molecule has 0 rings (SSSR count). The van der Waals surface area contributed by atoms with Crippen LogP contribution in [0.2, 0.25) is 0 Å². The lowest BCUT2D eigenvalue weighted by molar-refractivity contribution is -0.384. The minimum atomic E-state index is -6.58. The summed E-state index contributed by atoms with van der Waals surface area (Å²) < 4.78 is 100. The number of allylic oxidation sites excluding steroid dienone is 1. The van der Waals surface area contributed by atoms with Crippen LogP contribution >= 0.6 is 0 Å². The van der Waals surface area contributed by atoms with E-state index in [0.717, 1.165) is 13.8 Å². The van der Waals surface area contributed by atoms with Crippen molar-refractivity contribution in [2.75, 3.05) is 0 Å². The van der Waals surface area contributed by atoms with Crippen LogP contribution in [-0.4, -0.2) is 41.2 Å². The number of ether oxygens (including phenoxy) is 2. The van der Waals surface area contributed by atoms with Crippen molar-refractivity contribution in [2.24, 2.45) is 0 Å². The maximum absolute atomic E-state index is 13.9. The van der Waals surface area contributed by atoms with Crippen LogP contribution in [0.3, 0.4) is 0 Å². The number of carbonyl (C=O) groups excluding carboxylic acids is 2. The third kappa shape index (κ3) is 4.92. The molecule has 0 aliphatic carbocycles. The maximum Gasteiger partial charge on any atom is 0.460 e. The summed E-state index contributed by atoms with van der Waals surface area (Å²) in [5, 5.41) is 0. The molecule has 0 aliphatic heterocycles. The highest BCUT2D eigenvalue weighted by atomic mass is 19.4. The summed E-state index contributed by atoms with van der Waals surface area (Å²) in [6.07, 6.45) is -6.58. The Morgan fingerprint density at radius 3 is 1.44 bits per heavy atom. The molecule has 0 unspecified atom stereocenters. The largest absolute Gasteiger partial charge is 0.460 e. The van der Waals surface area contributed by atoms with Gasteiger partial charge in [-0.2, -0.15) is 30.7 Å². The second-order valence-corrected chi connectivity index (χ2v) is 7.07. The molecule has 0 saturated heterocycles. The number of halogens is 7. The number of hydrogen-bond acceptors (Lipinski definition) is 4. The van der Waals surface area contributed by atoms with Gasteiger partial charge < -0.3 is 9.47 Å². The van der Waals surface area contributed by atoms with Crippen molar-refractivity contribution < 1.29 is 49.8 Å². The fourth-order valence-electron chi connectivity index (χ4n) is 1.53. The Morgan fingerprint density at radius 1 is 0.704 bits per heavy atom. The summed E-state index contributed by atoms with van der Waals surface area (Å²) >= 11 is 0. The Labute approximate surface area is 151 Å². The van der Waals surface area contributed by atoms with Crippen LogP contribution in [0.25, 0.3) is 0 Å². The minimum absolute atomic E-state index is 0.0871. The first-order chi connectivity index (χ1) is 11.6. The third-order valence-corrected chi connectivity index (χ3v) is 3.75. The van der Waals surface area contributed by atoms with E-state index < -0.39 is 41.2 Å². The molecule has 0 saturated carbocycles. The third-order valence-electron chi connectivity index (χ3n) is 3.75. The molecule has 27 heavy (non-hydrogen) atoms. The zero-order valence-corrected chi connectivity index (χ0v) is 15.8. The van der Waals surface area contributed by atoms with Gasteiger partial charge >= 0.3 is 30.0 Å². The minimum Gasteiger partial charge on any atom is -0.450 e. The average molecular weight is 410 g/mol. The van der Waals surface area contributed by atoms with E-state index in [9.17, 15) is 40.3 Å². The number of esters is 2. The Hall–Kier alpha value is -1.81. The first-order valence-electron chi connectivity index (χ1n) is 7.55. The molecule has 0 bridgehead atoms. The molecule has 11 heteroatoms. The quantitative estimate of drug-likeness (QED) is 0.358. The molecule has 0 aromatic rings. The van der Waals surface area contributed by atoms with E-state index in [1.165, 1.54) is 6.92 Å². The van der Waals surface area contributed by atoms with Crippen molar-refractivity contribution >= 4 is 11.9 Å². The lowest BCUT2D eigenvalue weighted by atomic mass is 9.93. The SMILES string of the molecule is CC(C)=C(C)C(=O)OC(C)(C)C(=O)OC(C)(C)C(F)(F)C(F)(F)C(F)(F)F. The smallest absolute Gasteiger partial charge is 0.450 e. The Kier molecular flexibility index (Phi) is 6.82. The van der Waals surface area contributed by atoms with E-state index in [1.54, 1.807) is 13.8 Å². The van der Waals surface area contributed by atoms with Crippen LogP contribution < -0.4 is 0 Å². The first kappa shape index (κ1) is 25.2. The summed E-state index contributed by atoms with van der Waals surface area (Å²) in [4.78, 5) is 23.9. The molecule has 0 amide bonds. The highest BCUT2D eigenvalue weighted by molar-refractivity contribution is 5.91. The van der Waals surface area contributed by atoms with Gasteiger partial charge in [0, 0.05) is 5.57 Å². The second-order valence-electron chi connectivity index (χ2n) is 7.07. The predicted molar refractivity (Wildman–Crippen MR) is 80.3 cm³/mol. The molecular weight excluding hydrogens is 389 g/mol. The van der Waals surface area contributed by atoms with Gasteiger partial charge in [-0.25, -0.2) is 9.59 Å². The van der Waals surface area contributed by atoms with Crippen molar-refractivity contribution in [3.63, 3.8) is 0 Å². The molecule has 0 aromatic heterocycles. The average Bonchev–Trinajstić information content (AvgIpc) is 2.43. The van der Waals surface area contributed by atoms with Crippen LogP contribution in [0.1, 0.15) is 48.5 Å². The molecule has 0 spiro atoms. The fraction of sp³-hybridized carbons (Fsp3) is 0.750. The summed E-state index contributed by atoms with van der Waals surface area (Å²) in [6.45, 7) is 6.67. The molecule has 0 fully saturated rings. The number of carbonyl (C=O) groups is 2. The summed E-state index contributed by atoms with van der Waals surface area (Å²) in [6, 6.07) is 0. The van der Waals surface area contributed by atoms with Crippen LogP contribution in [0, 0.1) is 0 Å². The van der Waals surface area contributed by atoms with Gasteiger partial charge in [0.15, 0.2) is 5.60 Å². The highest BCUT2D eigenvalue weighted by Gasteiger charge is 2.79. The second kappa shape index (κ2) is 7.31. The lowest BCUT2D eigenvalue weighted by Gasteiger charge is -2.39. The Balaban J connectivity index is 5.65. The summed E-state index contributed by atoms with van der Waals surface area (Å²) in [5.41, 5.74) is -5.20. The molecule has 0 aliphatic rings. The Morgan fingerprint density at radius 2 is 1.11 bits per heavy atom. The topological polar surface area (TPSA) is 52.6 Å². The van der Waals surface area contributed by atoms with E-state index in [2.05, 4.69) is 4.74 Å². The van der Waals surface area contributed by atoms with Gasteiger partial charge in [-0.15, -0.1) is 0 Å². The molecule has 0 N–H and O–H groups in total. The monoisotopic (exact) mass is 410 g/mol. The lowest BCUT2D eigenvalue weighted by Crippen LogP contribution is -2.64. The molecule has 158 valence electrons. The summed E-state index contributed by atoms with van der Waals surface area (Å²) in [5.74, 6) is -15.0. The Bertz CT molecular complexity index is 627. The van der Waals surface area contributed by atoms with Crippen molar-refractivity contribution in [1.82, 2.24) is 0 Å². The van der Waals surface area contributed by atoms with E-state index >= 15 is 0 Å². The zero-order chi connectivity index (χ0) is 22.2. The van der Waals surface area contributed by atoms with Crippen molar-refractivity contribution in [2.45, 2.75) is 77.7 Å². The molecule has 0 aromatic carbocycles. The van der Waals surface area contributed by atoms with Gasteiger partial charge in [0.25, 0.3) is 0 Å². The molecular formula is C16H21F7O4. The van der Waals surface area contributed by atoms with Gasteiger partial charge in [0.2, 0.25) is 5.60 Å². The first-order valence-corrected chi connectivity index (χ1v) is 7.55. The maximum atomic E-state index is 13.9. The fourth-order valence-corrected chi connectivity index (χ4v) is 1.53. The molecule has 0 radical (unpaired) electrons. The van der Waals surface area contributed by atoms with Gasteiger partial charge in [-0.3, -0.25) is 0 Å². The van der Waals surface area contributed by atoms with Crippen LogP contribution in [0.15, 0.2) is 11.1 Å². The van der Waals surface area contributed by atoms with E-state index in [4.69, 9.17) is 4.74 Å². The highest BCUT2D eigenvalue weighted by Crippen LogP contribution is 2.52. The van der Waals surface area contributed by atoms with Crippen LogP contribution in [0.4, 0.5) is 30.7 Å².